The molecule has 4 amide bonds. The van der Waals surface area contributed by atoms with Crippen LogP contribution >= 0.6 is 15.9 Å². The number of urea groups is 1. The van der Waals surface area contributed by atoms with Crippen molar-refractivity contribution >= 4 is 39.7 Å². The van der Waals surface area contributed by atoms with Crippen molar-refractivity contribution in [2.24, 2.45) is 5.73 Å². The number of rotatable bonds is 6. The number of benzene rings is 1. The molecule has 0 fully saturated rings. The zero-order chi connectivity index (χ0) is 17.4. The number of nitrogens with one attached hydrogen (secondary N) is 2. The number of halogens is 1. The van der Waals surface area contributed by atoms with Crippen molar-refractivity contribution in [3.8, 4) is 0 Å². The summed E-state index contributed by atoms with van der Waals surface area (Å²) in [4.78, 5) is 45.1. The van der Waals surface area contributed by atoms with E-state index in [-0.39, 0.29) is 18.9 Å². The van der Waals surface area contributed by atoms with Crippen molar-refractivity contribution in [2.45, 2.75) is 19.4 Å². The Morgan fingerprint density at radius 1 is 1.22 bits per heavy atom. The summed E-state index contributed by atoms with van der Waals surface area (Å²) in [5, 5.41) is 4.35. The van der Waals surface area contributed by atoms with E-state index < -0.39 is 24.0 Å². The molecule has 0 bridgehead atoms. The lowest BCUT2D eigenvalue weighted by atomic mass is 10.2. The Labute approximate surface area is 140 Å². The summed E-state index contributed by atoms with van der Waals surface area (Å²) in [7, 11) is 0. The highest BCUT2D eigenvalue weighted by Crippen LogP contribution is 2.10. The minimum Gasteiger partial charge on any atom is -0.452 e. The molecule has 0 aliphatic carbocycles. The Morgan fingerprint density at radius 3 is 2.39 bits per heavy atom. The predicted octanol–water partition coefficient (Wildman–Crippen LogP) is 0.696. The quantitative estimate of drug-likeness (QED) is 0.620. The lowest BCUT2D eigenvalue weighted by Crippen LogP contribution is -2.42. The lowest BCUT2D eigenvalue weighted by Gasteiger charge is -2.12. The molecular formula is C14H16BrN3O5. The molecule has 23 heavy (non-hydrogen) atoms. The maximum absolute atomic E-state index is 11.8. The van der Waals surface area contributed by atoms with Gasteiger partial charge in [0.15, 0.2) is 6.10 Å². The fraction of sp³-hybridized carbons (Fsp3) is 0.286. The molecule has 0 heterocycles. The van der Waals surface area contributed by atoms with Gasteiger partial charge in [-0.1, -0.05) is 15.9 Å². The van der Waals surface area contributed by atoms with Crippen LogP contribution in [0.15, 0.2) is 28.7 Å². The third kappa shape index (κ3) is 6.92. The van der Waals surface area contributed by atoms with Gasteiger partial charge in [0.2, 0.25) is 0 Å². The van der Waals surface area contributed by atoms with E-state index in [0.717, 1.165) is 4.47 Å². The van der Waals surface area contributed by atoms with Crippen molar-refractivity contribution in [3.63, 3.8) is 0 Å². The minimum absolute atomic E-state index is 0.0535. The van der Waals surface area contributed by atoms with E-state index in [1.807, 2.05) is 0 Å². The number of esters is 1. The summed E-state index contributed by atoms with van der Waals surface area (Å²) in [6.07, 6.45) is -1.27. The average Bonchev–Trinajstić information content (AvgIpc) is 2.46. The highest BCUT2D eigenvalue weighted by Gasteiger charge is 2.18. The van der Waals surface area contributed by atoms with Gasteiger partial charge in [-0.05, 0) is 31.2 Å². The van der Waals surface area contributed by atoms with Gasteiger partial charge < -0.3 is 15.8 Å². The normalized spacial score (nSPS) is 11.2. The van der Waals surface area contributed by atoms with Gasteiger partial charge in [-0.2, -0.15) is 0 Å². The summed E-state index contributed by atoms with van der Waals surface area (Å²) >= 11 is 3.26. The summed E-state index contributed by atoms with van der Waals surface area (Å²) < 4.78 is 5.65. The fourth-order valence-electron chi connectivity index (χ4n) is 1.51. The first-order valence-electron chi connectivity index (χ1n) is 6.63. The molecule has 4 N–H and O–H groups in total. The number of nitrogens with two attached hydrogens (primary N) is 1. The van der Waals surface area contributed by atoms with Crippen LogP contribution < -0.4 is 16.4 Å². The third-order valence-corrected chi connectivity index (χ3v) is 3.17. The lowest BCUT2D eigenvalue weighted by molar-refractivity contribution is -0.154. The number of hydrogen-bond acceptors (Lipinski definition) is 5. The number of imide groups is 1. The molecule has 124 valence electrons. The van der Waals surface area contributed by atoms with Gasteiger partial charge in [0.1, 0.15) is 0 Å². The number of carbonyl (C=O) groups is 4. The summed E-state index contributed by atoms with van der Waals surface area (Å²) in [6, 6.07) is 5.69. The third-order valence-electron chi connectivity index (χ3n) is 2.64. The van der Waals surface area contributed by atoms with E-state index in [4.69, 9.17) is 10.5 Å². The van der Waals surface area contributed by atoms with Gasteiger partial charge in [-0.3, -0.25) is 19.7 Å². The number of primary amides is 1. The zero-order valence-electron chi connectivity index (χ0n) is 12.3. The van der Waals surface area contributed by atoms with Crippen molar-refractivity contribution in [3.05, 3.63) is 34.3 Å². The largest absolute Gasteiger partial charge is 0.452 e. The van der Waals surface area contributed by atoms with E-state index in [0.29, 0.717) is 5.56 Å². The molecule has 0 aromatic heterocycles. The highest BCUT2D eigenvalue weighted by atomic mass is 79.9. The second-order valence-electron chi connectivity index (χ2n) is 4.50. The Hall–Kier alpha value is -2.42. The van der Waals surface area contributed by atoms with Gasteiger partial charge in [0.05, 0.1) is 6.42 Å². The molecule has 0 spiro atoms. The number of carbonyl (C=O) groups excluding carboxylic acids is 4. The number of ether oxygens (including phenoxy) is 1. The van der Waals surface area contributed by atoms with Crippen molar-refractivity contribution in [1.82, 2.24) is 10.6 Å². The van der Waals surface area contributed by atoms with Crippen LogP contribution in [-0.4, -0.2) is 36.5 Å². The molecule has 8 nitrogen and oxygen atoms in total. The Morgan fingerprint density at radius 2 is 1.83 bits per heavy atom. The van der Waals surface area contributed by atoms with Crippen LogP contribution in [0.3, 0.4) is 0 Å². The maximum Gasteiger partial charge on any atom is 0.318 e. The Kier molecular flexibility index (Phi) is 7.20. The first kappa shape index (κ1) is 18.6. The Bertz CT molecular complexity index is 603. The topological polar surface area (TPSA) is 128 Å². The van der Waals surface area contributed by atoms with E-state index in [2.05, 4.69) is 21.2 Å². The highest BCUT2D eigenvalue weighted by molar-refractivity contribution is 9.10. The predicted molar refractivity (Wildman–Crippen MR) is 84.4 cm³/mol. The van der Waals surface area contributed by atoms with Crippen LogP contribution in [0.4, 0.5) is 4.79 Å². The smallest absolute Gasteiger partial charge is 0.318 e. The molecule has 1 aromatic carbocycles. The van der Waals surface area contributed by atoms with Crippen LogP contribution in [0.2, 0.25) is 0 Å². The zero-order valence-corrected chi connectivity index (χ0v) is 13.9. The van der Waals surface area contributed by atoms with Crippen LogP contribution in [0.25, 0.3) is 0 Å². The minimum atomic E-state index is -1.16. The molecule has 1 atom stereocenters. The van der Waals surface area contributed by atoms with E-state index in [9.17, 15) is 19.2 Å². The Balaban J connectivity index is 2.33. The van der Waals surface area contributed by atoms with E-state index >= 15 is 0 Å². The molecule has 0 aliphatic rings. The van der Waals surface area contributed by atoms with Crippen LogP contribution in [0.5, 0.6) is 0 Å². The van der Waals surface area contributed by atoms with E-state index in [1.165, 1.54) is 6.92 Å². The molecule has 1 aromatic rings. The molecule has 0 saturated heterocycles. The first-order valence-corrected chi connectivity index (χ1v) is 7.42. The van der Waals surface area contributed by atoms with Crippen molar-refractivity contribution in [2.75, 3.05) is 6.54 Å². The second-order valence-corrected chi connectivity index (χ2v) is 5.41. The summed E-state index contributed by atoms with van der Waals surface area (Å²) in [5.74, 6) is -1.83. The standard InChI is InChI=1S/C14H16BrN3O5/c1-8(12(20)18-14(16)22)23-11(19)6-7-17-13(21)9-2-4-10(15)5-3-9/h2-5,8H,6-7H2,1H3,(H,17,21)(H3,16,18,20,22)/t8-/m0/s1. The summed E-state index contributed by atoms with van der Waals surface area (Å²) in [6.45, 7) is 1.36. The molecule has 0 unspecified atom stereocenters. The molecule has 0 saturated carbocycles. The molecule has 1 rings (SSSR count). The summed E-state index contributed by atoms with van der Waals surface area (Å²) in [5.41, 5.74) is 5.23. The molecule has 9 heteroatoms. The monoisotopic (exact) mass is 385 g/mol. The SMILES string of the molecule is C[C@H](OC(=O)CCNC(=O)c1ccc(Br)cc1)C(=O)NC(N)=O. The van der Waals surface area contributed by atoms with Gasteiger partial charge in [-0.25, -0.2) is 4.79 Å². The van der Waals surface area contributed by atoms with Gasteiger partial charge in [0.25, 0.3) is 11.8 Å². The molecular weight excluding hydrogens is 370 g/mol. The van der Waals surface area contributed by atoms with E-state index in [1.54, 1.807) is 29.6 Å². The van der Waals surface area contributed by atoms with Crippen LogP contribution in [0, 0.1) is 0 Å². The number of hydrogen-bond donors (Lipinski definition) is 3. The van der Waals surface area contributed by atoms with Crippen molar-refractivity contribution < 1.29 is 23.9 Å². The molecule has 0 radical (unpaired) electrons. The second kappa shape index (κ2) is 8.89. The fourth-order valence-corrected chi connectivity index (χ4v) is 1.78. The van der Waals surface area contributed by atoms with Crippen LogP contribution in [0.1, 0.15) is 23.7 Å². The number of amides is 4. The van der Waals surface area contributed by atoms with Gasteiger partial charge in [-0.15, -0.1) is 0 Å². The first-order chi connectivity index (χ1) is 10.8. The maximum atomic E-state index is 11.8. The van der Waals surface area contributed by atoms with Crippen molar-refractivity contribution in [1.29, 1.82) is 0 Å². The van der Waals surface area contributed by atoms with Gasteiger partial charge >= 0.3 is 12.0 Å². The van der Waals surface area contributed by atoms with Gasteiger partial charge in [0, 0.05) is 16.6 Å². The molecule has 0 aliphatic heterocycles. The average molecular weight is 386 g/mol. The van der Waals surface area contributed by atoms with Crippen LogP contribution in [-0.2, 0) is 14.3 Å².